The monoisotopic (exact) mass is 299 g/mol. The molecule has 0 saturated heterocycles. The van der Waals surface area contributed by atoms with Crippen LogP contribution in [0.3, 0.4) is 0 Å². The third kappa shape index (κ3) is 2.09. The van der Waals surface area contributed by atoms with Gasteiger partial charge in [-0.15, -0.1) is 0 Å². The van der Waals surface area contributed by atoms with Crippen molar-refractivity contribution in [1.82, 2.24) is 4.57 Å². The molecule has 1 atom stereocenters. The first-order chi connectivity index (χ1) is 10.5. The van der Waals surface area contributed by atoms with Crippen molar-refractivity contribution < 1.29 is 19.4 Å². The van der Waals surface area contributed by atoms with Crippen LogP contribution in [0.5, 0.6) is 5.75 Å². The van der Waals surface area contributed by atoms with E-state index in [1.165, 1.54) is 7.11 Å². The maximum atomic E-state index is 12.9. The Hall–Kier alpha value is -2.56. The van der Waals surface area contributed by atoms with Gasteiger partial charge in [-0.2, -0.15) is 0 Å². The summed E-state index contributed by atoms with van der Waals surface area (Å²) >= 11 is 0. The summed E-state index contributed by atoms with van der Waals surface area (Å²) in [4.78, 5) is 24.2. The van der Waals surface area contributed by atoms with Gasteiger partial charge in [0.15, 0.2) is 0 Å². The predicted octanol–water partition coefficient (Wildman–Crippen LogP) is 2.61. The number of ether oxygens (including phenoxy) is 1. The van der Waals surface area contributed by atoms with Crippen LogP contribution in [0.1, 0.15) is 39.6 Å². The van der Waals surface area contributed by atoms with Crippen LogP contribution in [0.4, 0.5) is 0 Å². The fourth-order valence-corrected chi connectivity index (χ4v) is 3.16. The van der Waals surface area contributed by atoms with Crippen molar-refractivity contribution in [2.45, 2.75) is 25.8 Å². The molecule has 0 amide bonds. The number of carbonyl (C=O) groups excluding carboxylic acids is 1. The Labute approximate surface area is 128 Å². The van der Waals surface area contributed by atoms with Gasteiger partial charge < -0.3 is 14.4 Å². The fraction of sp³-hybridized carbons (Fsp3) is 0.294. The molecule has 1 aliphatic rings. The molecule has 0 radical (unpaired) electrons. The van der Waals surface area contributed by atoms with Crippen LogP contribution in [-0.4, -0.2) is 28.5 Å². The van der Waals surface area contributed by atoms with E-state index >= 15 is 0 Å². The summed E-state index contributed by atoms with van der Waals surface area (Å²) in [7, 11) is 1.53. The molecular weight excluding hydrogens is 282 g/mol. The third-order valence-electron chi connectivity index (χ3n) is 4.18. The molecule has 0 bridgehead atoms. The molecule has 1 unspecified atom stereocenters. The van der Waals surface area contributed by atoms with Gasteiger partial charge in [-0.1, -0.05) is 12.1 Å². The summed E-state index contributed by atoms with van der Waals surface area (Å²) in [6.45, 7) is 2.39. The third-order valence-corrected chi connectivity index (χ3v) is 4.18. The molecule has 3 rings (SSSR count). The molecule has 0 aliphatic carbocycles. The zero-order valence-corrected chi connectivity index (χ0v) is 12.5. The van der Waals surface area contributed by atoms with Crippen LogP contribution < -0.4 is 4.74 Å². The summed E-state index contributed by atoms with van der Waals surface area (Å²) < 4.78 is 7.10. The van der Waals surface area contributed by atoms with E-state index in [0.29, 0.717) is 35.7 Å². The molecule has 2 heterocycles. The maximum Gasteiger partial charge on any atom is 0.312 e. The molecule has 1 N–H and O–H groups in total. The second-order valence-corrected chi connectivity index (χ2v) is 5.46. The SMILES string of the molecule is COc1ccccc1C(=O)c1c(C)cc2n1CCC2C(=O)O. The van der Waals surface area contributed by atoms with Gasteiger partial charge in [-0.05, 0) is 37.1 Å². The second-order valence-electron chi connectivity index (χ2n) is 5.46. The van der Waals surface area contributed by atoms with E-state index in [1.807, 2.05) is 23.6 Å². The van der Waals surface area contributed by atoms with E-state index in [0.717, 1.165) is 5.56 Å². The largest absolute Gasteiger partial charge is 0.496 e. The first kappa shape index (κ1) is 14.4. The number of hydrogen-bond acceptors (Lipinski definition) is 3. The molecule has 0 saturated carbocycles. The van der Waals surface area contributed by atoms with E-state index in [2.05, 4.69) is 0 Å². The van der Waals surface area contributed by atoms with Gasteiger partial charge in [-0.25, -0.2) is 0 Å². The van der Waals surface area contributed by atoms with Gasteiger partial charge in [-0.3, -0.25) is 9.59 Å². The minimum absolute atomic E-state index is 0.132. The zero-order valence-electron chi connectivity index (χ0n) is 12.5. The standard InChI is InChI=1S/C17H17NO4/c1-10-9-13-11(17(20)21)7-8-18(13)15(10)16(19)12-5-3-4-6-14(12)22-2/h3-6,9,11H,7-8H2,1-2H3,(H,20,21). The Bertz CT molecular complexity index is 760. The number of benzene rings is 1. The highest BCUT2D eigenvalue weighted by atomic mass is 16.5. The van der Waals surface area contributed by atoms with Gasteiger partial charge in [0.05, 0.1) is 24.3 Å². The number of carboxylic acids is 1. The number of carbonyl (C=O) groups is 2. The number of methoxy groups -OCH3 is 1. The molecule has 22 heavy (non-hydrogen) atoms. The molecule has 2 aromatic rings. The van der Waals surface area contributed by atoms with Crippen LogP contribution in [-0.2, 0) is 11.3 Å². The Kier molecular flexibility index (Phi) is 3.48. The number of aromatic nitrogens is 1. The molecule has 1 aromatic carbocycles. The lowest BCUT2D eigenvalue weighted by atomic mass is 10.0. The Morgan fingerprint density at radius 1 is 1.32 bits per heavy atom. The van der Waals surface area contributed by atoms with E-state index in [9.17, 15) is 14.7 Å². The van der Waals surface area contributed by atoms with Gasteiger partial charge in [0.1, 0.15) is 5.75 Å². The number of ketones is 1. The first-order valence-electron chi connectivity index (χ1n) is 7.15. The first-order valence-corrected chi connectivity index (χ1v) is 7.15. The second kappa shape index (κ2) is 5.33. The van der Waals surface area contributed by atoms with Gasteiger partial charge in [0.2, 0.25) is 5.78 Å². The summed E-state index contributed by atoms with van der Waals surface area (Å²) in [5.74, 6) is -0.979. The molecule has 0 spiro atoms. The zero-order chi connectivity index (χ0) is 15.9. The number of fused-ring (bicyclic) bond motifs is 1. The molecule has 0 fully saturated rings. The van der Waals surface area contributed by atoms with Gasteiger partial charge in [0.25, 0.3) is 0 Å². The van der Waals surface area contributed by atoms with Crippen molar-refractivity contribution in [3.8, 4) is 5.75 Å². The molecule has 5 nitrogen and oxygen atoms in total. The molecular formula is C17H17NO4. The lowest BCUT2D eigenvalue weighted by molar-refractivity contribution is -0.138. The summed E-state index contributed by atoms with van der Waals surface area (Å²) in [5.41, 5.74) is 2.57. The van der Waals surface area contributed by atoms with E-state index < -0.39 is 11.9 Å². The van der Waals surface area contributed by atoms with Gasteiger partial charge >= 0.3 is 5.97 Å². The Morgan fingerprint density at radius 2 is 2.05 bits per heavy atom. The van der Waals surface area contributed by atoms with Crippen molar-refractivity contribution in [1.29, 1.82) is 0 Å². The van der Waals surface area contributed by atoms with Crippen molar-refractivity contribution in [2.24, 2.45) is 0 Å². The Balaban J connectivity index is 2.09. The van der Waals surface area contributed by atoms with Crippen LogP contribution in [0.15, 0.2) is 30.3 Å². The normalized spacial score (nSPS) is 16.4. The smallest absolute Gasteiger partial charge is 0.312 e. The lowest BCUT2D eigenvalue weighted by Gasteiger charge is -2.10. The minimum Gasteiger partial charge on any atom is -0.496 e. The van der Waals surface area contributed by atoms with Crippen LogP contribution in [0.2, 0.25) is 0 Å². The molecule has 114 valence electrons. The average Bonchev–Trinajstić information content (AvgIpc) is 3.04. The van der Waals surface area contributed by atoms with Crippen LogP contribution in [0, 0.1) is 6.92 Å². The Morgan fingerprint density at radius 3 is 2.73 bits per heavy atom. The van der Waals surface area contributed by atoms with Crippen molar-refractivity contribution in [3.05, 3.63) is 52.8 Å². The summed E-state index contributed by atoms with van der Waals surface area (Å²) in [6.07, 6.45) is 0.525. The number of para-hydroxylation sites is 1. The maximum absolute atomic E-state index is 12.9. The average molecular weight is 299 g/mol. The highest BCUT2D eigenvalue weighted by molar-refractivity contribution is 6.11. The summed E-state index contributed by atoms with van der Waals surface area (Å²) in [6, 6.07) is 8.89. The minimum atomic E-state index is -0.840. The number of carboxylic acid groups (broad SMARTS) is 1. The molecule has 1 aromatic heterocycles. The van der Waals surface area contributed by atoms with E-state index in [-0.39, 0.29) is 5.78 Å². The van der Waals surface area contributed by atoms with Crippen molar-refractivity contribution in [3.63, 3.8) is 0 Å². The van der Waals surface area contributed by atoms with E-state index in [4.69, 9.17) is 4.74 Å². The van der Waals surface area contributed by atoms with E-state index in [1.54, 1.807) is 18.2 Å². The number of rotatable bonds is 4. The quantitative estimate of drug-likeness (QED) is 0.881. The highest BCUT2D eigenvalue weighted by Crippen LogP contribution is 2.34. The highest BCUT2D eigenvalue weighted by Gasteiger charge is 2.33. The number of aliphatic carboxylic acids is 1. The molecule has 5 heteroatoms. The lowest BCUT2D eigenvalue weighted by Crippen LogP contribution is -2.12. The summed E-state index contributed by atoms with van der Waals surface area (Å²) in [5, 5.41) is 9.28. The number of nitrogens with zero attached hydrogens (tertiary/aromatic N) is 1. The predicted molar refractivity (Wildman–Crippen MR) is 80.6 cm³/mol. The van der Waals surface area contributed by atoms with Gasteiger partial charge in [0, 0.05) is 12.2 Å². The van der Waals surface area contributed by atoms with Crippen LogP contribution in [0.25, 0.3) is 0 Å². The van der Waals surface area contributed by atoms with Crippen molar-refractivity contribution >= 4 is 11.8 Å². The van der Waals surface area contributed by atoms with Crippen LogP contribution >= 0.6 is 0 Å². The number of hydrogen-bond donors (Lipinski definition) is 1. The fourth-order valence-electron chi connectivity index (χ4n) is 3.16. The molecule has 1 aliphatic heterocycles. The van der Waals surface area contributed by atoms with Crippen molar-refractivity contribution in [2.75, 3.05) is 7.11 Å². The number of aryl methyl sites for hydroxylation is 1. The topological polar surface area (TPSA) is 68.5 Å².